The quantitative estimate of drug-likeness (QED) is 0.420. The lowest BCUT2D eigenvalue weighted by atomic mass is 10.1. The number of hydrogen-bond acceptors (Lipinski definition) is 4. The lowest BCUT2D eigenvalue weighted by Crippen LogP contribution is -2.34. The highest BCUT2D eigenvalue weighted by molar-refractivity contribution is 7.80. The number of thiophene rings is 1. The predicted molar refractivity (Wildman–Crippen MR) is 125 cm³/mol. The van der Waals surface area contributed by atoms with E-state index in [1.54, 1.807) is 24.3 Å². The number of aryl methyl sites for hydroxylation is 1. The number of primary amides is 1. The average molecular weight is 435 g/mol. The second-order valence-electron chi connectivity index (χ2n) is 6.67. The molecule has 4 rings (SSSR count). The second kappa shape index (κ2) is 8.10. The van der Waals surface area contributed by atoms with Gasteiger partial charge in [-0.1, -0.05) is 30.3 Å². The molecule has 0 aliphatic heterocycles. The molecule has 2 amide bonds. The highest BCUT2D eigenvalue weighted by Crippen LogP contribution is 2.32. The minimum absolute atomic E-state index is 0.0921. The van der Waals surface area contributed by atoms with E-state index in [9.17, 15) is 9.59 Å². The Bertz CT molecular complexity index is 1280. The number of benzene rings is 2. The van der Waals surface area contributed by atoms with Gasteiger partial charge in [0.1, 0.15) is 4.83 Å². The van der Waals surface area contributed by atoms with Crippen LogP contribution in [0, 0.1) is 6.92 Å². The number of nitrogens with two attached hydrogens (primary N) is 1. The molecular formula is C22H18N4O2S2. The van der Waals surface area contributed by atoms with Gasteiger partial charge in [0.05, 0.1) is 16.1 Å². The minimum atomic E-state index is -0.579. The van der Waals surface area contributed by atoms with Crippen molar-refractivity contribution >= 4 is 56.4 Å². The van der Waals surface area contributed by atoms with Gasteiger partial charge in [0.2, 0.25) is 0 Å². The molecule has 0 unspecified atom stereocenters. The Kier molecular flexibility index (Phi) is 5.35. The summed E-state index contributed by atoms with van der Waals surface area (Å²) in [6.45, 7) is 2.02. The Labute approximate surface area is 182 Å². The van der Waals surface area contributed by atoms with Gasteiger partial charge >= 0.3 is 0 Å². The molecule has 4 N–H and O–H groups in total. The summed E-state index contributed by atoms with van der Waals surface area (Å²) in [6.07, 6.45) is 2.06. The Morgan fingerprint density at radius 2 is 1.77 bits per heavy atom. The smallest absolute Gasteiger partial charge is 0.267 e. The number of anilines is 1. The second-order valence-corrected chi connectivity index (χ2v) is 8.10. The zero-order chi connectivity index (χ0) is 21.3. The predicted octanol–water partition coefficient (Wildman–Crippen LogP) is 4.23. The van der Waals surface area contributed by atoms with Crippen molar-refractivity contribution in [3.05, 3.63) is 82.9 Å². The number of carbonyl (C=O) groups is 2. The van der Waals surface area contributed by atoms with Crippen molar-refractivity contribution in [1.82, 2.24) is 9.88 Å². The fourth-order valence-electron chi connectivity index (χ4n) is 3.18. The fraction of sp³-hybridized carbons (Fsp3) is 0.0455. The van der Waals surface area contributed by atoms with E-state index >= 15 is 0 Å². The van der Waals surface area contributed by atoms with Crippen molar-refractivity contribution in [2.75, 3.05) is 5.32 Å². The van der Waals surface area contributed by atoms with E-state index in [4.69, 9.17) is 18.0 Å². The Balaban J connectivity index is 1.56. The first-order valence-corrected chi connectivity index (χ1v) is 10.3. The molecule has 30 heavy (non-hydrogen) atoms. The first-order valence-electron chi connectivity index (χ1n) is 9.12. The van der Waals surface area contributed by atoms with Gasteiger partial charge in [-0.2, -0.15) is 0 Å². The minimum Gasteiger partial charge on any atom is -0.366 e. The van der Waals surface area contributed by atoms with Crippen LogP contribution in [-0.4, -0.2) is 21.5 Å². The maximum atomic E-state index is 12.8. The molecule has 0 bridgehead atoms. The molecule has 2 aromatic carbocycles. The Morgan fingerprint density at radius 1 is 1.07 bits per heavy atom. The van der Waals surface area contributed by atoms with Gasteiger partial charge in [0.15, 0.2) is 5.11 Å². The van der Waals surface area contributed by atoms with Crippen LogP contribution < -0.4 is 16.4 Å². The lowest BCUT2D eigenvalue weighted by molar-refractivity contribution is 0.0979. The summed E-state index contributed by atoms with van der Waals surface area (Å²) in [4.78, 5) is 25.8. The summed E-state index contributed by atoms with van der Waals surface area (Å²) in [5.74, 6) is -0.894. The number of thiocarbonyl (C=S) groups is 1. The number of para-hydroxylation sites is 2. The van der Waals surface area contributed by atoms with Crippen molar-refractivity contribution in [3.8, 4) is 5.69 Å². The molecule has 0 fully saturated rings. The maximum absolute atomic E-state index is 12.8. The molecule has 0 aliphatic carbocycles. The van der Waals surface area contributed by atoms with E-state index in [-0.39, 0.29) is 11.0 Å². The van der Waals surface area contributed by atoms with Crippen LogP contribution in [0.5, 0.6) is 0 Å². The Morgan fingerprint density at radius 3 is 2.50 bits per heavy atom. The van der Waals surface area contributed by atoms with Crippen LogP contribution in [0.1, 0.15) is 25.6 Å². The number of nitrogens with zero attached hydrogens (tertiary/aromatic N) is 1. The van der Waals surface area contributed by atoms with Crippen LogP contribution in [0.2, 0.25) is 0 Å². The van der Waals surface area contributed by atoms with Crippen LogP contribution in [-0.2, 0) is 0 Å². The first kappa shape index (κ1) is 19.8. The average Bonchev–Trinajstić information content (AvgIpc) is 3.29. The van der Waals surface area contributed by atoms with Crippen molar-refractivity contribution in [1.29, 1.82) is 0 Å². The molecule has 0 aliphatic rings. The molecule has 2 heterocycles. The van der Waals surface area contributed by atoms with E-state index in [2.05, 4.69) is 21.4 Å². The molecule has 0 radical (unpaired) electrons. The number of nitrogens with one attached hydrogen (secondary N) is 2. The van der Waals surface area contributed by atoms with Crippen molar-refractivity contribution in [2.24, 2.45) is 5.73 Å². The van der Waals surface area contributed by atoms with E-state index in [0.29, 0.717) is 16.1 Å². The number of amides is 2. The van der Waals surface area contributed by atoms with Crippen molar-refractivity contribution in [3.63, 3.8) is 0 Å². The van der Waals surface area contributed by atoms with Crippen LogP contribution in [0.3, 0.4) is 0 Å². The number of fused-ring (bicyclic) bond motifs is 1. The number of rotatable bonds is 4. The van der Waals surface area contributed by atoms with Crippen molar-refractivity contribution in [2.45, 2.75) is 6.92 Å². The summed E-state index contributed by atoms with van der Waals surface area (Å²) < 4.78 is 2.08. The van der Waals surface area contributed by atoms with Crippen LogP contribution in [0.4, 0.5) is 5.69 Å². The number of aromatic nitrogens is 1. The highest BCUT2D eigenvalue weighted by atomic mass is 32.1. The largest absolute Gasteiger partial charge is 0.366 e. The third-order valence-electron chi connectivity index (χ3n) is 4.60. The maximum Gasteiger partial charge on any atom is 0.267 e. The zero-order valence-electron chi connectivity index (χ0n) is 16.0. The van der Waals surface area contributed by atoms with Gasteiger partial charge in [-0.05, 0) is 55.0 Å². The molecule has 0 saturated carbocycles. The van der Waals surface area contributed by atoms with E-state index in [1.807, 2.05) is 43.3 Å². The fourth-order valence-corrected chi connectivity index (χ4v) is 4.50. The zero-order valence-corrected chi connectivity index (χ0v) is 17.6. The molecule has 8 heteroatoms. The van der Waals surface area contributed by atoms with E-state index < -0.39 is 5.91 Å². The first-order chi connectivity index (χ1) is 14.4. The molecule has 150 valence electrons. The summed E-state index contributed by atoms with van der Waals surface area (Å²) in [5.41, 5.74) is 8.23. The molecular weight excluding hydrogens is 416 g/mol. The number of carbonyl (C=O) groups excluding carboxylic acids is 2. The Hall–Kier alpha value is -3.49. The molecule has 0 atom stereocenters. The lowest BCUT2D eigenvalue weighted by Gasteiger charge is -2.11. The highest BCUT2D eigenvalue weighted by Gasteiger charge is 2.17. The third kappa shape index (κ3) is 3.83. The summed E-state index contributed by atoms with van der Waals surface area (Å²) in [7, 11) is 0. The molecule has 0 saturated heterocycles. The van der Waals surface area contributed by atoms with Gasteiger partial charge in [-0.25, -0.2) is 0 Å². The topological polar surface area (TPSA) is 89.2 Å². The van der Waals surface area contributed by atoms with Crippen LogP contribution >= 0.6 is 23.6 Å². The molecule has 6 nitrogen and oxygen atoms in total. The number of hydrogen-bond donors (Lipinski definition) is 3. The molecule has 0 spiro atoms. The van der Waals surface area contributed by atoms with E-state index in [1.165, 1.54) is 11.3 Å². The van der Waals surface area contributed by atoms with Crippen molar-refractivity contribution < 1.29 is 9.59 Å². The normalized spacial score (nSPS) is 10.7. The standard InChI is InChI=1S/C22H18N4O2S2/c1-13-12-26(14-7-3-2-4-8-14)21-16(13)11-18(30-21)20(28)25-22(29)24-17-10-6-5-9-15(17)19(23)27/h2-12H,1H3,(H2,23,27)(H2,24,25,28,29). The van der Waals surface area contributed by atoms with Gasteiger partial charge in [0.25, 0.3) is 11.8 Å². The van der Waals surface area contributed by atoms with Crippen LogP contribution in [0.15, 0.2) is 66.9 Å². The summed E-state index contributed by atoms with van der Waals surface area (Å²) in [5, 5.41) is 6.65. The molecule has 2 aromatic heterocycles. The SMILES string of the molecule is Cc1cn(-c2ccccc2)c2sc(C(=O)NC(=S)Nc3ccccc3C(N)=O)cc12. The van der Waals surface area contributed by atoms with Gasteiger partial charge in [-0.3, -0.25) is 14.9 Å². The summed E-state index contributed by atoms with van der Waals surface area (Å²) in [6, 6.07) is 18.5. The summed E-state index contributed by atoms with van der Waals surface area (Å²) >= 11 is 6.64. The third-order valence-corrected chi connectivity index (χ3v) is 5.94. The van der Waals surface area contributed by atoms with Crippen LogP contribution in [0.25, 0.3) is 15.9 Å². The van der Waals surface area contributed by atoms with Gasteiger partial charge < -0.3 is 15.6 Å². The van der Waals surface area contributed by atoms with Gasteiger partial charge in [-0.15, -0.1) is 11.3 Å². The monoisotopic (exact) mass is 434 g/mol. The van der Waals surface area contributed by atoms with Gasteiger partial charge in [0, 0.05) is 17.3 Å². The van der Waals surface area contributed by atoms with E-state index in [0.717, 1.165) is 21.5 Å². The molecule has 4 aromatic rings.